The van der Waals surface area contributed by atoms with Crippen molar-refractivity contribution in [3.8, 4) is 0 Å². The second-order valence-electron chi connectivity index (χ2n) is 4.18. The first-order valence-corrected chi connectivity index (χ1v) is 7.56. The molecular weight excluding hydrogens is 276 g/mol. The van der Waals surface area contributed by atoms with Gasteiger partial charge in [-0.3, -0.25) is 4.98 Å². The summed E-state index contributed by atoms with van der Waals surface area (Å²) in [6, 6.07) is 10.1. The Morgan fingerprint density at radius 3 is 2.74 bits per heavy atom. The lowest BCUT2D eigenvalue weighted by Crippen LogP contribution is -2.14. The number of aromatic nitrogens is 1. The van der Waals surface area contributed by atoms with E-state index in [1.165, 1.54) is 15.4 Å². The second kappa shape index (κ2) is 7.53. The number of benzene rings is 1. The van der Waals surface area contributed by atoms with Crippen LogP contribution in [0.2, 0.25) is 5.02 Å². The maximum Gasteiger partial charge on any atom is 0.0462 e. The molecule has 2 nitrogen and oxygen atoms in total. The Balaban J connectivity index is 2.17. The first kappa shape index (κ1) is 14.4. The van der Waals surface area contributed by atoms with Gasteiger partial charge in [-0.05, 0) is 42.8 Å². The lowest BCUT2D eigenvalue weighted by molar-refractivity contribution is 0.669. The van der Waals surface area contributed by atoms with Gasteiger partial charge in [-0.15, -0.1) is 0 Å². The maximum absolute atomic E-state index is 6.31. The van der Waals surface area contributed by atoms with Gasteiger partial charge < -0.3 is 5.32 Å². The minimum atomic E-state index is 0.806. The predicted molar refractivity (Wildman–Crippen MR) is 81.8 cm³/mol. The summed E-state index contributed by atoms with van der Waals surface area (Å²) < 4.78 is 0. The second-order valence-corrected chi connectivity index (χ2v) is 5.70. The summed E-state index contributed by atoms with van der Waals surface area (Å²) in [7, 11) is 0. The zero-order valence-corrected chi connectivity index (χ0v) is 12.5. The van der Waals surface area contributed by atoms with E-state index in [0.717, 1.165) is 24.5 Å². The number of nitrogens with one attached hydrogen (secondary N) is 1. The third kappa shape index (κ3) is 4.23. The molecule has 0 aliphatic heterocycles. The van der Waals surface area contributed by atoms with Crippen molar-refractivity contribution < 1.29 is 0 Å². The molecule has 0 radical (unpaired) electrons. The Morgan fingerprint density at radius 2 is 2.00 bits per heavy atom. The van der Waals surface area contributed by atoms with Crippen molar-refractivity contribution in [1.29, 1.82) is 0 Å². The van der Waals surface area contributed by atoms with Crippen molar-refractivity contribution in [3.05, 3.63) is 53.3 Å². The molecule has 0 aliphatic carbocycles. The lowest BCUT2D eigenvalue weighted by atomic mass is 10.2. The molecule has 0 bridgehead atoms. The first-order valence-electron chi connectivity index (χ1n) is 6.37. The van der Waals surface area contributed by atoms with Gasteiger partial charge in [-0.2, -0.15) is 0 Å². The van der Waals surface area contributed by atoms with Crippen LogP contribution in [0.1, 0.15) is 18.9 Å². The number of hydrogen-bond acceptors (Lipinski definition) is 3. The summed E-state index contributed by atoms with van der Waals surface area (Å²) in [4.78, 5) is 6.41. The van der Waals surface area contributed by atoms with Gasteiger partial charge in [0, 0.05) is 33.8 Å². The summed E-state index contributed by atoms with van der Waals surface area (Å²) in [5, 5.41) is 4.23. The largest absolute Gasteiger partial charge is 0.313 e. The Kier molecular flexibility index (Phi) is 5.70. The summed E-state index contributed by atoms with van der Waals surface area (Å²) >= 11 is 8.03. The van der Waals surface area contributed by atoms with Crippen LogP contribution in [-0.4, -0.2) is 11.5 Å². The fourth-order valence-electron chi connectivity index (χ4n) is 1.73. The molecule has 1 aromatic heterocycles. The van der Waals surface area contributed by atoms with Gasteiger partial charge in [0.05, 0.1) is 0 Å². The van der Waals surface area contributed by atoms with Crippen LogP contribution < -0.4 is 5.32 Å². The van der Waals surface area contributed by atoms with E-state index in [2.05, 4.69) is 23.3 Å². The molecule has 1 N–H and O–H groups in total. The van der Waals surface area contributed by atoms with Crippen molar-refractivity contribution in [2.75, 3.05) is 6.54 Å². The zero-order chi connectivity index (χ0) is 13.5. The highest BCUT2D eigenvalue weighted by atomic mass is 35.5. The van der Waals surface area contributed by atoms with Crippen molar-refractivity contribution in [3.63, 3.8) is 0 Å². The van der Waals surface area contributed by atoms with Crippen molar-refractivity contribution in [2.45, 2.75) is 29.7 Å². The first-order chi connectivity index (χ1) is 9.31. The van der Waals surface area contributed by atoms with Crippen LogP contribution >= 0.6 is 23.4 Å². The number of pyridine rings is 1. The van der Waals surface area contributed by atoms with Crippen LogP contribution in [0.3, 0.4) is 0 Å². The van der Waals surface area contributed by atoms with Crippen LogP contribution in [0, 0.1) is 0 Å². The molecule has 0 saturated heterocycles. The van der Waals surface area contributed by atoms with Crippen molar-refractivity contribution >= 4 is 23.4 Å². The topological polar surface area (TPSA) is 24.9 Å². The van der Waals surface area contributed by atoms with Gasteiger partial charge in [-0.25, -0.2) is 0 Å². The van der Waals surface area contributed by atoms with Gasteiger partial charge in [0.1, 0.15) is 0 Å². The minimum absolute atomic E-state index is 0.806. The van der Waals surface area contributed by atoms with E-state index in [4.69, 9.17) is 11.6 Å². The highest BCUT2D eigenvalue weighted by Gasteiger charge is 2.08. The van der Waals surface area contributed by atoms with E-state index < -0.39 is 0 Å². The van der Waals surface area contributed by atoms with Crippen molar-refractivity contribution in [1.82, 2.24) is 10.3 Å². The molecule has 0 unspecified atom stereocenters. The third-order valence-corrected chi connectivity index (χ3v) is 4.15. The number of rotatable bonds is 6. The minimum Gasteiger partial charge on any atom is -0.313 e. The number of nitrogens with zero attached hydrogens (tertiary/aromatic N) is 1. The normalized spacial score (nSPS) is 10.6. The predicted octanol–water partition coefficient (Wildman–Crippen LogP) is 4.39. The molecule has 100 valence electrons. The van der Waals surface area contributed by atoms with E-state index in [0.29, 0.717) is 0 Å². The molecule has 1 heterocycles. The van der Waals surface area contributed by atoms with E-state index in [9.17, 15) is 0 Å². The van der Waals surface area contributed by atoms with Gasteiger partial charge in [0.15, 0.2) is 0 Å². The van der Waals surface area contributed by atoms with Gasteiger partial charge in [0.25, 0.3) is 0 Å². The molecule has 0 saturated carbocycles. The average Bonchev–Trinajstić information content (AvgIpc) is 2.43. The molecule has 0 amide bonds. The average molecular weight is 293 g/mol. The van der Waals surface area contributed by atoms with Crippen LogP contribution in [0.5, 0.6) is 0 Å². The number of halogens is 1. The molecule has 0 spiro atoms. The Morgan fingerprint density at radius 1 is 1.21 bits per heavy atom. The molecule has 19 heavy (non-hydrogen) atoms. The number of hydrogen-bond donors (Lipinski definition) is 1. The molecule has 2 aromatic rings. The quantitative estimate of drug-likeness (QED) is 0.800. The highest BCUT2D eigenvalue weighted by Crippen LogP contribution is 2.33. The molecule has 0 fully saturated rings. The van der Waals surface area contributed by atoms with Crippen molar-refractivity contribution in [2.24, 2.45) is 0 Å². The van der Waals surface area contributed by atoms with Crippen LogP contribution in [0.15, 0.2) is 52.5 Å². The highest BCUT2D eigenvalue weighted by molar-refractivity contribution is 7.99. The Hall–Kier alpha value is -1.03. The fourth-order valence-corrected chi connectivity index (χ4v) is 2.99. The summed E-state index contributed by atoms with van der Waals surface area (Å²) in [6.07, 6.45) is 4.74. The molecular formula is C15H17ClN2S. The molecule has 4 heteroatoms. The standard InChI is InChI=1S/C15H17ClN2S/c1-2-8-18-11-13-14(16)4-3-5-15(13)19-12-6-9-17-10-7-12/h3-7,9-10,18H,2,8,11H2,1H3. The summed E-state index contributed by atoms with van der Waals surface area (Å²) in [5.41, 5.74) is 1.17. The Bertz CT molecular complexity index is 517. The Labute approximate surface area is 123 Å². The van der Waals surface area contributed by atoms with Crippen LogP contribution in [0.25, 0.3) is 0 Å². The van der Waals surface area contributed by atoms with Gasteiger partial charge in [0.2, 0.25) is 0 Å². The van der Waals surface area contributed by atoms with E-state index in [1.54, 1.807) is 11.8 Å². The van der Waals surface area contributed by atoms with E-state index in [1.807, 2.05) is 36.7 Å². The van der Waals surface area contributed by atoms with Crippen LogP contribution in [-0.2, 0) is 6.54 Å². The fraction of sp³-hybridized carbons (Fsp3) is 0.267. The van der Waals surface area contributed by atoms with E-state index >= 15 is 0 Å². The molecule has 0 atom stereocenters. The summed E-state index contributed by atoms with van der Waals surface area (Å²) in [5.74, 6) is 0. The monoisotopic (exact) mass is 292 g/mol. The van der Waals surface area contributed by atoms with Crippen LogP contribution in [0.4, 0.5) is 0 Å². The smallest absolute Gasteiger partial charge is 0.0462 e. The maximum atomic E-state index is 6.31. The zero-order valence-electron chi connectivity index (χ0n) is 10.9. The van der Waals surface area contributed by atoms with E-state index in [-0.39, 0.29) is 0 Å². The van der Waals surface area contributed by atoms with Gasteiger partial charge in [-0.1, -0.05) is 36.4 Å². The SMILES string of the molecule is CCCNCc1c(Cl)cccc1Sc1ccncc1. The molecule has 0 aliphatic rings. The summed E-state index contributed by atoms with van der Waals surface area (Å²) in [6.45, 7) is 3.97. The third-order valence-electron chi connectivity index (χ3n) is 2.68. The lowest BCUT2D eigenvalue weighted by Gasteiger charge is -2.11. The molecule has 1 aromatic carbocycles. The molecule has 2 rings (SSSR count). The van der Waals surface area contributed by atoms with Gasteiger partial charge >= 0.3 is 0 Å².